The summed E-state index contributed by atoms with van der Waals surface area (Å²) >= 11 is 6.23. The molecule has 0 bridgehead atoms. The van der Waals surface area contributed by atoms with E-state index in [1.54, 1.807) is 29.6 Å². The monoisotopic (exact) mass is 645 g/mol. The number of aliphatic hydroxyl groups is 1. The molecule has 1 aromatic carbocycles. The lowest BCUT2D eigenvalue weighted by Crippen LogP contribution is -2.44. The zero-order valence-electron chi connectivity index (χ0n) is 25.2. The van der Waals surface area contributed by atoms with Gasteiger partial charge in [-0.05, 0) is 87.8 Å². The van der Waals surface area contributed by atoms with Gasteiger partial charge in [0.05, 0.1) is 23.4 Å². The number of hydrogen-bond acceptors (Lipinski definition) is 7. The minimum Gasteiger partial charge on any atom is -0.489 e. The number of nitrogens with zero attached hydrogens (tertiary/aromatic N) is 3. The lowest BCUT2D eigenvalue weighted by Gasteiger charge is -2.30. The summed E-state index contributed by atoms with van der Waals surface area (Å²) in [4.78, 5) is 31.1. The molecule has 238 valence electrons. The van der Waals surface area contributed by atoms with Crippen LogP contribution in [0.4, 0.5) is 4.39 Å². The molecule has 4 heterocycles. The molecule has 46 heavy (non-hydrogen) atoms. The van der Waals surface area contributed by atoms with Crippen LogP contribution in [0.1, 0.15) is 78.7 Å². The van der Waals surface area contributed by atoms with Crippen molar-refractivity contribution in [1.82, 2.24) is 19.9 Å². The zero-order chi connectivity index (χ0) is 32.0. The van der Waals surface area contributed by atoms with Crippen molar-refractivity contribution >= 4 is 28.9 Å². The minimum atomic E-state index is -1.64. The summed E-state index contributed by atoms with van der Waals surface area (Å²) in [6, 6.07) is 11.1. The van der Waals surface area contributed by atoms with Crippen LogP contribution < -0.4 is 20.5 Å². The molecule has 4 N–H and O–H groups in total. The van der Waals surface area contributed by atoms with Crippen LogP contribution in [0.5, 0.6) is 11.6 Å². The molecule has 2 atom stereocenters. The lowest BCUT2D eigenvalue weighted by atomic mass is 9.81. The van der Waals surface area contributed by atoms with Gasteiger partial charge >= 0.3 is 0 Å². The molecular weight excluding hydrogens is 613 g/mol. The first-order valence-corrected chi connectivity index (χ1v) is 16.1. The van der Waals surface area contributed by atoms with Crippen molar-refractivity contribution in [2.24, 2.45) is 11.7 Å². The number of pyridine rings is 2. The molecule has 4 aliphatic rings. The van der Waals surface area contributed by atoms with Crippen LogP contribution in [0.15, 0.2) is 42.5 Å². The van der Waals surface area contributed by atoms with Gasteiger partial charge in [0.2, 0.25) is 11.8 Å². The number of carbonyl (C=O) groups is 2. The van der Waals surface area contributed by atoms with Crippen LogP contribution >= 0.6 is 11.6 Å². The van der Waals surface area contributed by atoms with Crippen molar-refractivity contribution in [1.29, 1.82) is 0 Å². The Bertz CT molecular complexity index is 1940. The second-order valence-corrected chi connectivity index (χ2v) is 13.7. The summed E-state index contributed by atoms with van der Waals surface area (Å²) in [7, 11) is 0. The molecule has 3 aliphatic carbocycles. The largest absolute Gasteiger partial charge is 0.489 e. The van der Waals surface area contributed by atoms with Gasteiger partial charge in [0.25, 0.3) is 5.91 Å². The van der Waals surface area contributed by atoms with Crippen molar-refractivity contribution in [3.8, 4) is 22.9 Å². The van der Waals surface area contributed by atoms with Gasteiger partial charge in [-0.1, -0.05) is 11.6 Å². The number of rotatable bonds is 10. The molecule has 3 fully saturated rings. The first-order chi connectivity index (χ1) is 22.0. The third-order valence-corrected chi connectivity index (χ3v) is 9.87. The van der Waals surface area contributed by atoms with Crippen molar-refractivity contribution < 1.29 is 28.6 Å². The fourth-order valence-corrected chi connectivity index (χ4v) is 6.40. The Morgan fingerprint density at radius 1 is 1.17 bits per heavy atom. The van der Waals surface area contributed by atoms with Gasteiger partial charge in [-0.2, -0.15) is 5.10 Å². The second-order valence-electron chi connectivity index (χ2n) is 13.3. The molecule has 8 rings (SSSR count). The van der Waals surface area contributed by atoms with E-state index in [-0.39, 0.29) is 52.9 Å². The Labute approximate surface area is 269 Å². The fourth-order valence-electron chi connectivity index (χ4n) is 6.23. The Morgan fingerprint density at radius 2 is 1.96 bits per heavy atom. The topological polar surface area (TPSA) is 141 Å². The maximum Gasteiger partial charge on any atom is 0.251 e. The van der Waals surface area contributed by atoms with Gasteiger partial charge in [-0.3, -0.25) is 9.59 Å². The standard InChI is InChI=1S/C34H33ClFN5O5/c1-33(32(37)43)16-45-30-24(33)14-27(39-29(30)23-12-20(35)6-9-25(23)36)34(44,19-4-5-19)15-38-31(42)18-10-21-13-26(17-2-3-17)40-41(21)28(11-18)46-22-7-8-22/h6,9-14,17,19,22,44H,2-5,7-8,15-16H2,1H3,(H2,37,43)(H,38,42)/t33-,34?/m0/s1. The van der Waals surface area contributed by atoms with Crippen LogP contribution in [0.25, 0.3) is 16.8 Å². The van der Waals surface area contributed by atoms with Crippen LogP contribution in [0, 0.1) is 11.7 Å². The summed E-state index contributed by atoms with van der Waals surface area (Å²) in [5.41, 5.74) is 5.80. The average Bonchev–Trinajstić information content (AvgIpc) is 3.92. The van der Waals surface area contributed by atoms with Gasteiger partial charge in [0.15, 0.2) is 0 Å². The smallest absolute Gasteiger partial charge is 0.251 e. The number of nitrogens with one attached hydrogen (secondary N) is 1. The van der Waals surface area contributed by atoms with Crippen LogP contribution in [0.2, 0.25) is 5.02 Å². The van der Waals surface area contributed by atoms with Gasteiger partial charge in [-0.25, -0.2) is 13.9 Å². The van der Waals surface area contributed by atoms with Crippen LogP contribution in [-0.4, -0.2) is 50.8 Å². The van der Waals surface area contributed by atoms with Gasteiger partial charge < -0.3 is 25.6 Å². The van der Waals surface area contributed by atoms with E-state index >= 15 is 4.39 Å². The molecule has 1 aliphatic heterocycles. The maximum absolute atomic E-state index is 15.2. The number of carbonyl (C=O) groups excluding carboxylic acids is 2. The molecule has 1 unspecified atom stereocenters. The van der Waals surface area contributed by atoms with Crippen molar-refractivity contribution in [3.63, 3.8) is 0 Å². The molecule has 4 aromatic rings. The quantitative estimate of drug-likeness (QED) is 0.226. The number of benzene rings is 1. The van der Waals surface area contributed by atoms with Crippen LogP contribution in [-0.2, 0) is 15.8 Å². The predicted octanol–water partition coefficient (Wildman–Crippen LogP) is 4.77. The van der Waals surface area contributed by atoms with E-state index in [0.717, 1.165) is 36.9 Å². The first-order valence-electron chi connectivity index (χ1n) is 15.7. The highest BCUT2D eigenvalue weighted by Gasteiger charge is 2.50. The van der Waals surface area contributed by atoms with E-state index in [1.807, 2.05) is 6.07 Å². The van der Waals surface area contributed by atoms with Gasteiger partial charge in [0, 0.05) is 33.7 Å². The average molecular weight is 646 g/mol. The number of hydrogen-bond donors (Lipinski definition) is 3. The Hall–Kier alpha value is -4.22. The Balaban J connectivity index is 1.16. The summed E-state index contributed by atoms with van der Waals surface area (Å²) in [5, 5.41) is 20.2. The molecular formula is C34H33ClFN5O5. The number of fused-ring (bicyclic) bond motifs is 2. The molecule has 3 saturated carbocycles. The Kier molecular flexibility index (Phi) is 6.60. The van der Waals surface area contributed by atoms with Crippen molar-refractivity contribution in [3.05, 3.63) is 75.8 Å². The van der Waals surface area contributed by atoms with E-state index in [9.17, 15) is 14.7 Å². The third kappa shape index (κ3) is 4.96. The number of primary amides is 1. The third-order valence-electron chi connectivity index (χ3n) is 9.63. The van der Waals surface area contributed by atoms with Gasteiger partial charge in [-0.15, -0.1) is 0 Å². The zero-order valence-corrected chi connectivity index (χ0v) is 25.9. The summed E-state index contributed by atoms with van der Waals surface area (Å²) < 4.78 is 29.0. The fraction of sp³-hybridized carbons (Fsp3) is 0.412. The molecule has 12 heteroatoms. The molecule has 10 nitrogen and oxygen atoms in total. The molecule has 2 amide bonds. The van der Waals surface area contributed by atoms with E-state index < -0.39 is 28.6 Å². The Morgan fingerprint density at radius 3 is 2.65 bits per heavy atom. The molecule has 0 saturated heterocycles. The van der Waals surface area contributed by atoms with Crippen molar-refractivity contribution in [2.45, 2.75) is 68.5 Å². The van der Waals surface area contributed by atoms with Crippen molar-refractivity contribution in [2.75, 3.05) is 13.2 Å². The van der Waals surface area contributed by atoms with E-state index in [2.05, 4.69) is 5.32 Å². The minimum absolute atomic E-state index is 0.0596. The number of aromatic nitrogens is 3. The SMILES string of the molecule is C[C@]1(C(N)=O)COc2c1cc(C(O)(CNC(=O)c1cc(OC3CC3)n3nc(C4CC4)cc3c1)C1CC1)nc2-c1cc(Cl)ccc1F. The highest BCUT2D eigenvalue weighted by atomic mass is 35.5. The molecule has 0 spiro atoms. The predicted molar refractivity (Wildman–Crippen MR) is 166 cm³/mol. The first kappa shape index (κ1) is 29.2. The summed E-state index contributed by atoms with van der Waals surface area (Å²) in [5.74, 6) is -0.709. The van der Waals surface area contributed by atoms with Crippen LogP contribution in [0.3, 0.4) is 0 Å². The van der Waals surface area contributed by atoms with E-state index in [0.29, 0.717) is 35.8 Å². The number of amides is 2. The summed E-state index contributed by atoms with van der Waals surface area (Å²) in [6.45, 7) is 1.40. The van der Waals surface area contributed by atoms with Gasteiger partial charge in [0.1, 0.15) is 41.0 Å². The normalized spacial score (nSPS) is 21.8. The van der Waals surface area contributed by atoms with E-state index in [4.69, 9.17) is 36.9 Å². The second kappa shape index (κ2) is 10.4. The highest BCUT2D eigenvalue weighted by molar-refractivity contribution is 6.30. The number of ether oxygens (including phenoxy) is 2. The summed E-state index contributed by atoms with van der Waals surface area (Å²) in [6.07, 6.45) is 5.61. The number of halogens is 2. The lowest BCUT2D eigenvalue weighted by molar-refractivity contribution is -0.123. The molecule has 0 radical (unpaired) electrons. The highest BCUT2D eigenvalue weighted by Crippen LogP contribution is 2.50. The molecule has 3 aromatic heterocycles. The van der Waals surface area contributed by atoms with E-state index in [1.165, 1.54) is 18.2 Å². The maximum atomic E-state index is 15.2. The number of nitrogens with two attached hydrogens (primary N) is 1.